The van der Waals surface area contributed by atoms with Gasteiger partial charge in [-0.25, -0.2) is 4.79 Å². The van der Waals surface area contributed by atoms with E-state index in [1.165, 1.54) is 0 Å². The molecule has 1 aromatic carbocycles. The van der Waals surface area contributed by atoms with E-state index in [0.29, 0.717) is 18.6 Å². The van der Waals surface area contributed by atoms with Crippen LogP contribution in [0, 0.1) is 6.92 Å². The number of benzene rings is 1. The molecular weight excluding hydrogens is 258 g/mol. The molecule has 110 valence electrons. The van der Waals surface area contributed by atoms with Gasteiger partial charge < -0.3 is 15.2 Å². The second-order valence-electron chi connectivity index (χ2n) is 4.74. The molecule has 0 aliphatic heterocycles. The summed E-state index contributed by atoms with van der Waals surface area (Å²) in [4.78, 5) is 23.1. The van der Waals surface area contributed by atoms with E-state index in [2.05, 4.69) is 5.32 Å². The third-order valence-corrected chi connectivity index (χ3v) is 3.39. The molecule has 0 saturated carbocycles. The number of amides is 1. The van der Waals surface area contributed by atoms with Crippen LogP contribution in [0.2, 0.25) is 0 Å². The maximum atomic E-state index is 11.8. The topological polar surface area (TPSA) is 75.6 Å². The lowest BCUT2D eigenvalue weighted by Crippen LogP contribution is -2.54. The summed E-state index contributed by atoms with van der Waals surface area (Å²) in [5.41, 5.74) is -0.114. The van der Waals surface area contributed by atoms with Crippen LogP contribution >= 0.6 is 0 Å². The lowest BCUT2D eigenvalue weighted by Gasteiger charge is -2.27. The smallest absolute Gasteiger partial charge is 0.329 e. The third-order valence-electron chi connectivity index (χ3n) is 3.39. The van der Waals surface area contributed by atoms with E-state index in [1.54, 1.807) is 26.0 Å². The van der Waals surface area contributed by atoms with Crippen molar-refractivity contribution in [1.29, 1.82) is 0 Å². The van der Waals surface area contributed by atoms with Gasteiger partial charge in [-0.1, -0.05) is 31.5 Å². The van der Waals surface area contributed by atoms with Crippen molar-refractivity contribution in [2.24, 2.45) is 0 Å². The van der Waals surface area contributed by atoms with Crippen LogP contribution in [0.4, 0.5) is 0 Å². The first-order chi connectivity index (χ1) is 9.43. The molecule has 0 radical (unpaired) electrons. The van der Waals surface area contributed by atoms with Crippen LogP contribution in [0.3, 0.4) is 0 Å². The van der Waals surface area contributed by atoms with Gasteiger partial charge in [0, 0.05) is 0 Å². The number of nitrogens with one attached hydrogen (secondary N) is 1. The molecule has 0 spiro atoms. The van der Waals surface area contributed by atoms with Crippen molar-refractivity contribution in [1.82, 2.24) is 5.32 Å². The van der Waals surface area contributed by atoms with E-state index >= 15 is 0 Å². The molecule has 20 heavy (non-hydrogen) atoms. The van der Waals surface area contributed by atoms with Crippen LogP contribution in [0.15, 0.2) is 24.3 Å². The first-order valence-electron chi connectivity index (χ1n) is 6.67. The van der Waals surface area contributed by atoms with Crippen molar-refractivity contribution in [3.8, 4) is 5.75 Å². The van der Waals surface area contributed by atoms with Crippen molar-refractivity contribution >= 4 is 11.9 Å². The number of aryl methyl sites for hydroxylation is 1. The van der Waals surface area contributed by atoms with Gasteiger partial charge in [0.25, 0.3) is 5.91 Å². The minimum Gasteiger partial charge on any atom is -0.484 e. The van der Waals surface area contributed by atoms with Crippen LogP contribution in [0.5, 0.6) is 5.75 Å². The number of carbonyl (C=O) groups is 2. The van der Waals surface area contributed by atoms with E-state index in [-0.39, 0.29) is 6.61 Å². The highest BCUT2D eigenvalue weighted by Gasteiger charge is 2.36. The summed E-state index contributed by atoms with van der Waals surface area (Å²) in [7, 11) is 0. The third kappa shape index (κ3) is 3.98. The van der Waals surface area contributed by atoms with Gasteiger partial charge in [-0.2, -0.15) is 0 Å². The number of rotatable bonds is 7. The van der Waals surface area contributed by atoms with Crippen LogP contribution in [-0.4, -0.2) is 29.1 Å². The van der Waals surface area contributed by atoms with Gasteiger partial charge in [-0.15, -0.1) is 0 Å². The summed E-state index contributed by atoms with van der Waals surface area (Å²) in [5, 5.41) is 11.8. The first-order valence-corrected chi connectivity index (χ1v) is 6.67. The van der Waals surface area contributed by atoms with Crippen molar-refractivity contribution < 1.29 is 19.4 Å². The normalized spacial score (nSPS) is 10.9. The second-order valence-corrected chi connectivity index (χ2v) is 4.74. The SMILES string of the molecule is CCC(CC)(NC(=O)COc1ccc(C)cc1)C(=O)O. The number of carbonyl (C=O) groups excluding carboxylic acids is 1. The highest BCUT2D eigenvalue weighted by Crippen LogP contribution is 2.16. The Morgan fingerprint density at radius 3 is 2.20 bits per heavy atom. The molecule has 0 atom stereocenters. The largest absolute Gasteiger partial charge is 0.484 e. The van der Waals surface area contributed by atoms with Crippen LogP contribution < -0.4 is 10.1 Å². The Hall–Kier alpha value is -2.04. The number of hydrogen-bond donors (Lipinski definition) is 2. The fourth-order valence-corrected chi connectivity index (χ4v) is 1.87. The zero-order chi connectivity index (χ0) is 15.2. The fraction of sp³-hybridized carbons (Fsp3) is 0.467. The highest BCUT2D eigenvalue weighted by atomic mass is 16.5. The average molecular weight is 279 g/mol. The van der Waals surface area contributed by atoms with E-state index in [1.807, 2.05) is 19.1 Å². The summed E-state index contributed by atoms with van der Waals surface area (Å²) in [6, 6.07) is 7.30. The summed E-state index contributed by atoms with van der Waals surface area (Å²) in [5.74, 6) is -0.873. The zero-order valence-electron chi connectivity index (χ0n) is 12.1. The molecule has 1 amide bonds. The van der Waals surface area contributed by atoms with E-state index in [0.717, 1.165) is 5.56 Å². The maximum absolute atomic E-state index is 11.8. The molecule has 5 nitrogen and oxygen atoms in total. The Balaban J connectivity index is 2.58. The molecule has 0 bridgehead atoms. The van der Waals surface area contributed by atoms with Gasteiger partial charge in [-0.3, -0.25) is 4.79 Å². The molecule has 0 aliphatic rings. The Morgan fingerprint density at radius 2 is 1.75 bits per heavy atom. The Labute approximate surface area is 118 Å². The van der Waals surface area contributed by atoms with Gasteiger partial charge >= 0.3 is 5.97 Å². The molecule has 0 heterocycles. The van der Waals surface area contributed by atoms with Crippen LogP contribution in [-0.2, 0) is 9.59 Å². The predicted octanol–water partition coefficient (Wildman–Crippen LogP) is 2.13. The summed E-state index contributed by atoms with van der Waals surface area (Å²) >= 11 is 0. The fourth-order valence-electron chi connectivity index (χ4n) is 1.87. The summed E-state index contributed by atoms with van der Waals surface area (Å²) in [6.07, 6.45) is 0.657. The number of aliphatic carboxylic acids is 1. The number of carboxylic acids is 1. The Morgan fingerprint density at radius 1 is 1.20 bits per heavy atom. The molecule has 0 fully saturated rings. The van der Waals surface area contributed by atoms with Crippen molar-refractivity contribution in [2.75, 3.05) is 6.61 Å². The predicted molar refractivity (Wildman–Crippen MR) is 75.8 cm³/mol. The molecule has 5 heteroatoms. The lowest BCUT2D eigenvalue weighted by atomic mass is 9.93. The highest BCUT2D eigenvalue weighted by molar-refractivity contribution is 5.87. The molecule has 1 rings (SSSR count). The monoisotopic (exact) mass is 279 g/mol. The molecule has 2 N–H and O–H groups in total. The van der Waals surface area contributed by atoms with Gasteiger partial charge in [0.2, 0.25) is 0 Å². The zero-order valence-corrected chi connectivity index (χ0v) is 12.1. The van der Waals surface area contributed by atoms with Gasteiger partial charge in [0.05, 0.1) is 0 Å². The van der Waals surface area contributed by atoms with Crippen molar-refractivity contribution in [3.63, 3.8) is 0 Å². The molecule has 0 saturated heterocycles. The van der Waals surface area contributed by atoms with Gasteiger partial charge in [0.1, 0.15) is 11.3 Å². The first kappa shape index (κ1) is 16.0. The maximum Gasteiger partial charge on any atom is 0.329 e. The second kappa shape index (κ2) is 6.93. The van der Waals surface area contributed by atoms with Crippen molar-refractivity contribution in [3.05, 3.63) is 29.8 Å². The van der Waals surface area contributed by atoms with E-state index < -0.39 is 17.4 Å². The molecular formula is C15H21NO4. The summed E-state index contributed by atoms with van der Waals surface area (Å²) in [6.45, 7) is 5.23. The standard InChI is InChI=1S/C15H21NO4/c1-4-15(5-2,14(18)19)16-13(17)10-20-12-8-6-11(3)7-9-12/h6-9H,4-5,10H2,1-3H3,(H,16,17)(H,18,19). The van der Waals surface area contributed by atoms with Crippen molar-refractivity contribution in [2.45, 2.75) is 39.2 Å². The lowest BCUT2D eigenvalue weighted by molar-refractivity contribution is -0.148. The Bertz CT molecular complexity index is 463. The number of hydrogen-bond acceptors (Lipinski definition) is 3. The van der Waals surface area contributed by atoms with Gasteiger partial charge in [0.15, 0.2) is 6.61 Å². The van der Waals surface area contributed by atoms with E-state index in [4.69, 9.17) is 4.74 Å². The van der Waals surface area contributed by atoms with E-state index in [9.17, 15) is 14.7 Å². The molecule has 0 unspecified atom stereocenters. The summed E-state index contributed by atoms with van der Waals surface area (Å²) < 4.78 is 5.33. The minimum absolute atomic E-state index is 0.196. The average Bonchev–Trinajstić information content (AvgIpc) is 2.44. The molecule has 1 aromatic rings. The quantitative estimate of drug-likeness (QED) is 0.801. The number of ether oxygens (including phenoxy) is 1. The number of carboxylic acid groups (broad SMARTS) is 1. The molecule has 0 aromatic heterocycles. The van der Waals surface area contributed by atoms with Gasteiger partial charge in [-0.05, 0) is 31.9 Å². The molecule has 0 aliphatic carbocycles. The van der Waals surface area contributed by atoms with Crippen LogP contribution in [0.1, 0.15) is 32.3 Å². The Kier molecular flexibility index (Phi) is 5.55. The minimum atomic E-state index is -1.21. The van der Waals surface area contributed by atoms with Crippen LogP contribution in [0.25, 0.3) is 0 Å².